The summed E-state index contributed by atoms with van der Waals surface area (Å²) in [6, 6.07) is 32.0. The minimum atomic E-state index is 0.259. The lowest BCUT2D eigenvalue weighted by Gasteiger charge is -2.60. The average molecular weight is 945 g/mol. The lowest BCUT2D eigenvalue weighted by molar-refractivity contribution is -0.00603. The van der Waals surface area contributed by atoms with E-state index >= 15 is 0 Å². The molecule has 0 spiro atoms. The van der Waals surface area contributed by atoms with E-state index in [4.69, 9.17) is 29.9 Å². The Morgan fingerprint density at radius 2 is 0.722 bits per heavy atom. The summed E-state index contributed by atoms with van der Waals surface area (Å²) in [4.78, 5) is 30.8. The highest BCUT2D eigenvalue weighted by Crippen LogP contribution is 2.69. The highest BCUT2D eigenvalue weighted by molar-refractivity contribution is 5.66. The van der Waals surface area contributed by atoms with E-state index in [0.29, 0.717) is 58.2 Å². The van der Waals surface area contributed by atoms with E-state index in [-0.39, 0.29) is 10.8 Å². The van der Waals surface area contributed by atoms with Crippen molar-refractivity contribution in [1.29, 1.82) is 0 Å². The van der Waals surface area contributed by atoms with Crippen LogP contribution >= 0.6 is 0 Å². The molecule has 4 fully saturated rings. The standard InChI is InChI=1S/C66H68N6/c1-63(2)39-21-37-23-59(67-31-45(37)49(63)25-39)55-11-9-13-57(71-55)61-27-41-43(51-29-53(65(51,5)6)47(41)33-69-61)19-35-15-17-36(18-16-35)20-44-42-28-62(70-34-48(42)54-30-52(44)66(54,7)8)58-14-10-12-56(72-58)60-24-38-22-40-26-50(64(40,3)4)46(38)32-68-60/h9-18,23-24,27-28,31-34,39-40,43-44,49-54H,19-22,25-26,29-30H2,1-8H3/t39-,40-,43+,44+,49-,50-,51+,52+,53-,54-/m1/s1. The molecule has 10 atom stereocenters. The van der Waals surface area contributed by atoms with Gasteiger partial charge in [-0.2, -0.15) is 0 Å². The van der Waals surface area contributed by atoms with Crippen molar-refractivity contribution < 1.29 is 0 Å². The molecule has 0 N–H and O–H groups in total. The van der Waals surface area contributed by atoms with Crippen LogP contribution in [0.5, 0.6) is 0 Å². The first-order valence-electron chi connectivity index (χ1n) is 27.6. The van der Waals surface area contributed by atoms with Crippen molar-refractivity contribution in [2.75, 3.05) is 0 Å². The normalized spacial score (nSPS) is 30.2. The smallest absolute Gasteiger partial charge is 0.0894 e. The Bertz CT molecular complexity index is 3190. The van der Waals surface area contributed by atoms with Gasteiger partial charge in [-0.25, -0.2) is 9.97 Å². The Morgan fingerprint density at radius 3 is 1.08 bits per heavy atom. The number of rotatable bonds is 8. The summed E-state index contributed by atoms with van der Waals surface area (Å²) in [7, 11) is 0. The second kappa shape index (κ2) is 14.9. The third-order valence-electron chi connectivity index (χ3n) is 22.3. The summed E-state index contributed by atoms with van der Waals surface area (Å²) in [6.45, 7) is 19.7. The van der Waals surface area contributed by atoms with Gasteiger partial charge in [0.15, 0.2) is 0 Å². The molecule has 4 saturated carbocycles. The van der Waals surface area contributed by atoms with Gasteiger partial charge in [-0.05, 0) is 236 Å². The minimum absolute atomic E-state index is 0.259. The van der Waals surface area contributed by atoms with E-state index in [1.807, 2.05) is 0 Å². The number of benzene rings is 1. The highest BCUT2D eigenvalue weighted by atomic mass is 14.8. The zero-order valence-electron chi connectivity index (χ0n) is 43.5. The first-order valence-corrected chi connectivity index (χ1v) is 27.6. The molecule has 72 heavy (non-hydrogen) atoms. The lowest BCUT2D eigenvalue weighted by atomic mass is 9.43. The van der Waals surface area contributed by atoms with Crippen molar-refractivity contribution in [3.05, 3.63) is 165 Å². The molecule has 19 rings (SSSR count). The van der Waals surface area contributed by atoms with E-state index in [0.717, 1.165) is 83.1 Å². The van der Waals surface area contributed by atoms with Gasteiger partial charge in [-0.15, -0.1) is 0 Å². The Labute approximate surface area is 426 Å². The van der Waals surface area contributed by atoms with Crippen molar-refractivity contribution in [3.8, 4) is 45.6 Å². The summed E-state index contributed by atoms with van der Waals surface area (Å²) in [6.07, 6.45) is 18.2. The fourth-order valence-electron chi connectivity index (χ4n) is 17.1. The molecule has 6 nitrogen and oxygen atoms in total. The monoisotopic (exact) mass is 945 g/mol. The maximum Gasteiger partial charge on any atom is 0.0894 e. The first-order chi connectivity index (χ1) is 34.6. The molecule has 12 aliphatic carbocycles. The molecule has 6 heteroatoms. The van der Waals surface area contributed by atoms with Crippen LogP contribution in [0.3, 0.4) is 0 Å². The van der Waals surface area contributed by atoms with Gasteiger partial charge in [-0.1, -0.05) is 91.8 Å². The molecule has 1 aromatic carbocycles. The highest BCUT2D eigenvalue weighted by Gasteiger charge is 2.59. The summed E-state index contributed by atoms with van der Waals surface area (Å²) in [5.41, 5.74) is 23.5. The zero-order chi connectivity index (χ0) is 48.8. The number of nitrogens with zero attached hydrogens (tertiary/aromatic N) is 6. The second-order valence-electron chi connectivity index (χ2n) is 26.6. The van der Waals surface area contributed by atoms with Crippen molar-refractivity contribution in [3.63, 3.8) is 0 Å². The van der Waals surface area contributed by atoms with E-state index in [1.54, 1.807) is 0 Å². The van der Waals surface area contributed by atoms with Crippen LogP contribution in [0.2, 0.25) is 0 Å². The molecule has 7 aromatic rings. The zero-order valence-corrected chi connectivity index (χ0v) is 43.5. The SMILES string of the molecule is CC1(C)[C@@H]2Cc3cc(-c4cccc(-c5cc6c(cn5)[C@H]5C[C@@H]([C@H]6Cc6ccc(C[C@H]7c8cc(-c9cccc(-c%10cc%11c(cn%10)[C@H]%10C[C@@H](C%11)C%10(C)C)n9)ncc8[C@H]8C[C@@H]7C8(C)C)cc6)C5(C)C)n4)ncc3[C@H]1C2. The van der Waals surface area contributed by atoms with Crippen LogP contribution in [0, 0.1) is 45.3 Å². The first kappa shape index (κ1) is 43.7. The van der Waals surface area contributed by atoms with Crippen LogP contribution < -0.4 is 0 Å². The summed E-state index contributed by atoms with van der Waals surface area (Å²) in [5, 5.41) is 0. The predicted octanol–water partition coefficient (Wildman–Crippen LogP) is 15.0. The fourth-order valence-corrected chi connectivity index (χ4v) is 17.1. The molecule has 362 valence electrons. The summed E-state index contributed by atoms with van der Waals surface area (Å²) < 4.78 is 0. The molecule has 0 saturated heterocycles. The third kappa shape index (κ3) is 6.13. The number of hydrogen-bond acceptors (Lipinski definition) is 6. The molecule has 6 heterocycles. The quantitative estimate of drug-likeness (QED) is 0.151. The molecular weight excluding hydrogens is 877 g/mol. The van der Waals surface area contributed by atoms with Crippen molar-refractivity contribution in [2.45, 2.75) is 142 Å². The van der Waals surface area contributed by atoms with Crippen LogP contribution in [-0.4, -0.2) is 29.9 Å². The molecule has 6 aromatic heterocycles. The molecule has 0 radical (unpaired) electrons. The Morgan fingerprint density at radius 1 is 0.375 bits per heavy atom. The van der Waals surface area contributed by atoms with Gasteiger partial charge in [0.25, 0.3) is 0 Å². The van der Waals surface area contributed by atoms with E-state index in [9.17, 15) is 0 Å². The van der Waals surface area contributed by atoms with Gasteiger partial charge in [-0.3, -0.25) is 19.9 Å². The van der Waals surface area contributed by atoms with Crippen molar-refractivity contribution >= 4 is 0 Å². The van der Waals surface area contributed by atoms with Gasteiger partial charge < -0.3 is 0 Å². The molecular formula is C66H68N6. The molecule has 0 amide bonds. The van der Waals surface area contributed by atoms with Gasteiger partial charge in [0.1, 0.15) is 0 Å². The third-order valence-corrected chi connectivity index (χ3v) is 22.3. The summed E-state index contributed by atoms with van der Waals surface area (Å²) >= 11 is 0. The number of aromatic nitrogens is 6. The minimum Gasteiger partial charge on any atom is -0.254 e. The van der Waals surface area contributed by atoms with Crippen molar-refractivity contribution in [2.24, 2.45) is 45.3 Å². The Kier molecular flexibility index (Phi) is 9.03. The van der Waals surface area contributed by atoms with Crippen LogP contribution in [-0.2, 0) is 25.7 Å². The molecule has 0 unspecified atom stereocenters. The van der Waals surface area contributed by atoms with E-state index in [1.165, 1.54) is 81.3 Å². The average Bonchev–Trinajstić information content (AvgIpc) is 3.40. The van der Waals surface area contributed by atoms with Crippen LogP contribution in [0.25, 0.3) is 45.6 Å². The Hall–Kier alpha value is -5.88. The molecule has 12 aliphatic rings. The topological polar surface area (TPSA) is 77.3 Å². The molecule has 0 aliphatic heterocycles. The van der Waals surface area contributed by atoms with Crippen LogP contribution in [0.4, 0.5) is 0 Å². The van der Waals surface area contributed by atoms with E-state index in [2.05, 4.69) is 165 Å². The lowest BCUT2D eigenvalue weighted by Crippen LogP contribution is -2.51. The van der Waals surface area contributed by atoms with Gasteiger partial charge in [0, 0.05) is 24.8 Å². The van der Waals surface area contributed by atoms with Gasteiger partial charge in [0.05, 0.1) is 45.6 Å². The summed E-state index contributed by atoms with van der Waals surface area (Å²) in [5.74, 6) is 6.07. The predicted molar refractivity (Wildman–Crippen MR) is 287 cm³/mol. The largest absolute Gasteiger partial charge is 0.254 e. The Balaban J connectivity index is 0.688. The fraction of sp³-hybridized carbons (Fsp3) is 0.455. The molecule has 8 bridgehead atoms. The maximum atomic E-state index is 5.25. The number of hydrogen-bond donors (Lipinski definition) is 0. The number of pyridine rings is 6. The van der Waals surface area contributed by atoms with Crippen LogP contribution in [0.15, 0.2) is 110 Å². The maximum absolute atomic E-state index is 5.25. The van der Waals surface area contributed by atoms with Crippen molar-refractivity contribution in [1.82, 2.24) is 29.9 Å². The second-order valence-corrected chi connectivity index (χ2v) is 26.6. The van der Waals surface area contributed by atoms with Gasteiger partial charge >= 0.3 is 0 Å². The van der Waals surface area contributed by atoms with Crippen LogP contribution in [0.1, 0.15) is 172 Å². The van der Waals surface area contributed by atoms with Gasteiger partial charge in [0.2, 0.25) is 0 Å². The van der Waals surface area contributed by atoms with E-state index < -0.39 is 0 Å².